The summed E-state index contributed by atoms with van der Waals surface area (Å²) in [4.78, 5) is 29.2. The van der Waals surface area contributed by atoms with Crippen molar-refractivity contribution in [3.8, 4) is 11.1 Å². The van der Waals surface area contributed by atoms with Crippen molar-refractivity contribution in [2.24, 2.45) is 17.8 Å². The van der Waals surface area contributed by atoms with E-state index in [1.165, 1.54) is 12.6 Å². The Bertz CT molecular complexity index is 1390. The summed E-state index contributed by atoms with van der Waals surface area (Å²) in [5.41, 5.74) is 4.33. The van der Waals surface area contributed by atoms with Crippen molar-refractivity contribution >= 4 is 29.1 Å². The molecule has 198 valence electrons. The predicted octanol–water partition coefficient (Wildman–Crippen LogP) is 3.98. The first-order valence-electron chi connectivity index (χ1n) is 13.3. The van der Waals surface area contributed by atoms with Gasteiger partial charge in [0.2, 0.25) is 5.91 Å². The van der Waals surface area contributed by atoms with Gasteiger partial charge in [0.15, 0.2) is 11.9 Å². The summed E-state index contributed by atoms with van der Waals surface area (Å²) in [6.45, 7) is 4.18. The van der Waals surface area contributed by atoms with Crippen molar-refractivity contribution in [2.45, 2.75) is 45.3 Å². The van der Waals surface area contributed by atoms with Gasteiger partial charge >= 0.3 is 0 Å². The third kappa shape index (κ3) is 4.67. The molecule has 1 aliphatic heterocycles. The minimum atomic E-state index is -0.599. The van der Waals surface area contributed by atoms with Crippen LogP contribution in [-0.2, 0) is 17.9 Å². The van der Waals surface area contributed by atoms with Crippen LogP contribution in [0.4, 0.5) is 5.69 Å². The maximum atomic E-state index is 13.6. The molecule has 9 heteroatoms. The summed E-state index contributed by atoms with van der Waals surface area (Å²) in [5, 5.41) is 18.6. The summed E-state index contributed by atoms with van der Waals surface area (Å²) < 4.78 is 2.86. The standard InChI is InChI=1S/C29H32ClN5O3/c1-17-26(24(30)9-10-35(17)38)18-3-5-22(6-4-18)31-29(37)27(21-14-19-13-20(19)15-21)32-28(36)25-8-7-23-16-33(2)11-12-34(23)25/h3-10,19-21,27H,11-16H2,1-2H3,(H,31,37)(H,32,36)/t19-,20+,21?,27-/m1/s1. The second kappa shape index (κ2) is 9.75. The van der Waals surface area contributed by atoms with E-state index in [0.717, 1.165) is 48.5 Å². The number of nitrogens with zero attached hydrogens (tertiary/aromatic N) is 3. The van der Waals surface area contributed by atoms with Gasteiger partial charge in [-0.25, -0.2) is 0 Å². The van der Waals surface area contributed by atoms with Crippen LogP contribution < -0.4 is 15.4 Å². The maximum absolute atomic E-state index is 13.6. The van der Waals surface area contributed by atoms with Crippen molar-refractivity contribution < 1.29 is 14.3 Å². The predicted molar refractivity (Wildman–Crippen MR) is 146 cm³/mol. The number of rotatable bonds is 6. The summed E-state index contributed by atoms with van der Waals surface area (Å²) in [7, 11) is 2.07. The fourth-order valence-electron chi connectivity index (χ4n) is 6.28. The Morgan fingerprint density at radius 3 is 2.53 bits per heavy atom. The highest BCUT2D eigenvalue weighted by molar-refractivity contribution is 6.33. The normalized spacial score (nSPS) is 22.9. The Labute approximate surface area is 227 Å². The number of anilines is 1. The Kier molecular flexibility index (Phi) is 6.40. The van der Waals surface area contributed by atoms with Gasteiger partial charge in [-0.2, -0.15) is 4.73 Å². The third-order valence-corrected chi connectivity index (χ3v) is 8.81. The summed E-state index contributed by atoms with van der Waals surface area (Å²) >= 11 is 6.37. The molecule has 2 aromatic heterocycles. The van der Waals surface area contributed by atoms with Gasteiger partial charge in [-0.3, -0.25) is 14.5 Å². The number of likely N-dealkylation sites (N-methyl/N-ethyl adjacent to an activating group) is 1. The maximum Gasteiger partial charge on any atom is 0.268 e. The number of fused-ring (bicyclic) bond motifs is 2. The van der Waals surface area contributed by atoms with E-state index in [0.29, 0.717) is 39.5 Å². The van der Waals surface area contributed by atoms with Gasteiger partial charge in [0.1, 0.15) is 11.7 Å². The van der Waals surface area contributed by atoms with Crippen molar-refractivity contribution in [3.63, 3.8) is 0 Å². The zero-order valence-corrected chi connectivity index (χ0v) is 22.4. The Morgan fingerprint density at radius 2 is 1.79 bits per heavy atom. The Hall–Kier alpha value is -3.36. The van der Waals surface area contributed by atoms with Gasteiger partial charge in [0.05, 0.1) is 10.6 Å². The molecule has 1 aromatic carbocycles. The number of nitrogens with one attached hydrogen (secondary N) is 2. The molecule has 2 saturated carbocycles. The number of pyridine rings is 1. The Morgan fingerprint density at radius 1 is 1.05 bits per heavy atom. The monoisotopic (exact) mass is 533 g/mol. The van der Waals surface area contributed by atoms with Crippen LogP contribution in [0.1, 0.15) is 41.1 Å². The lowest BCUT2D eigenvalue weighted by Gasteiger charge is -2.28. The molecule has 2 amide bonds. The van der Waals surface area contributed by atoms with Crippen LogP contribution in [0.3, 0.4) is 0 Å². The van der Waals surface area contributed by atoms with Crippen LogP contribution in [0.5, 0.6) is 0 Å². The molecule has 1 unspecified atom stereocenters. The first-order chi connectivity index (χ1) is 18.3. The van der Waals surface area contributed by atoms with Crippen molar-refractivity contribution in [3.05, 3.63) is 76.0 Å². The summed E-state index contributed by atoms with van der Waals surface area (Å²) in [5.74, 6) is 1.10. The highest BCUT2D eigenvalue weighted by atomic mass is 35.5. The van der Waals surface area contributed by atoms with Gasteiger partial charge in [0, 0.05) is 44.0 Å². The smallest absolute Gasteiger partial charge is 0.268 e. The zero-order chi connectivity index (χ0) is 26.6. The molecule has 2 aliphatic carbocycles. The van der Waals surface area contributed by atoms with E-state index < -0.39 is 6.04 Å². The molecular formula is C29H32ClN5O3. The van der Waals surface area contributed by atoms with Gasteiger partial charge < -0.3 is 20.4 Å². The van der Waals surface area contributed by atoms with E-state index in [-0.39, 0.29) is 17.7 Å². The molecule has 8 nitrogen and oxygen atoms in total. The first-order valence-corrected chi connectivity index (χ1v) is 13.6. The average Bonchev–Trinajstić information content (AvgIpc) is 3.29. The number of benzene rings is 1. The van der Waals surface area contributed by atoms with E-state index in [2.05, 4.69) is 27.1 Å². The number of hydrogen-bond acceptors (Lipinski definition) is 4. The lowest BCUT2D eigenvalue weighted by molar-refractivity contribution is -0.611. The summed E-state index contributed by atoms with van der Waals surface area (Å²) in [6, 6.07) is 12.1. The molecule has 2 fully saturated rings. The van der Waals surface area contributed by atoms with E-state index in [1.54, 1.807) is 25.1 Å². The first kappa shape index (κ1) is 24.9. The lowest BCUT2D eigenvalue weighted by Crippen LogP contribution is -2.49. The van der Waals surface area contributed by atoms with Crippen LogP contribution in [0, 0.1) is 29.9 Å². The molecule has 0 saturated heterocycles. The summed E-state index contributed by atoms with van der Waals surface area (Å²) in [6.07, 6.45) is 4.57. The van der Waals surface area contributed by atoms with E-state index >= 15 is 0 Å². The second-order valence-electron chi connectivity index (χ2n) is 11.1. The van der Waals surface area contributed by atoms with E-state index in [4.69, 9.17) is 11.6 Å². The fourth-order valence-corrected chi connectivity index (χ4v) is 6.58. The molecule has 6 rings (SSSR count). The topological polar surface area (TPSA) is 93.3 Å². The molecule has 0 bridgehead atoms. The average molecular weight is 534 g/mol. The van der Waals surface area contributed by atoms with Gasteiger partial charge in [-0.05, 0) is 73.9 Å². The molecule has 3 heterocycles. The fraction of sp³-hybridized carbons (Fsp3) is 0.414. The Balaban J connectivity index is 1.20. The molecule has 3 aliphatic rings. The van der Waals surface area contributed by atoms with Crippen LogP contribution >= 0.6 is 11.6 Å². The SMILES string of the molecule is Cc1c(-c2ccc(NC(=O)[C@H](NC(=O)c3ccc4n3CCN(C)C4)C3C[C@@H]4C[C@@H]4C3)cc2)c(Cl)cc[n+]1[O-]. The minimum Gasteiger partial charge on any atom is -0.618 e. The van der Waals surface area contributed by atoms with Crippen LogP contribution in [0.15, 0.2) is 48.7 Å². The zero-order valence-electron chi connectivity index (χ0n) is 21.6. The van der Waals surface area contributed by atoms with Gasteiger partial charge in [-0.1, -0.05) is 23.7 Å². The third-order valence-electron chi connectivity index (χ3n) is 8.49. The molecular weight excluding hydrogens is 502 g/mol. The molecule has 0 radical (unpaired) electrons. The number of aromatic nitrogens is 2. The van der Waals surface area contributed by atoms with E-state index in [1.807, 2.05) is 24.3 Å². The number of carbonyl (C=O) groups is 2. The number of halogens is 1. The number of hydrogen-bond donors (Lipinski definition) is 2. The van der Waals surface area contributed by atoms with Gasteiger partial charge in [0.25, 0.3) is 5.91 Å². The van der Waals surface area contributed by atoms with Crippen molar-refractivity contribution in [2.75, 3.05) is 18.9 Å². The molecule has 3 aromatic rings. The molecule has 4 atom stereocenters. The lowest BCUT2D eigenvalue weighted by atomic mass is 9.93. The highest BCUT2D eigenvalue weighted by Crippen LogP contribution is 2.55. The highest BCUT2D eigenvalue weighted by Gasteiger charge is 2.49. The van der Waals surface area contributed by atoms with Crippen molar-refractivity contribution in [1.29, 1.82) is 0 Å². The van der Waals surface area contributed by atoms with E-state index in [9.17, 15) is 14.8 Å². The van der Waals surface area contributed by atoms with Gasteiger partial charge in [-0.15, -0.1) is 0 Å². The van der Waals surface area contributed by atoms with Crippen LogP contribution in [0.25, 0.3) is 11.1 Å². The quantitative estimate of drug-likeness (QED) is 0.370. The number of carbonyl (C=O) groups excluding carboxylic acids is 2. The minimum absolute atomic E-state index is 0.127. The van der Waals surface area contributed by atoms with Crippen LogP contribution in [-0.4, -0.2) is 40.9 Å². The molecule has 2 N–H and O–H groups in total. The molecule has 38 heavy (non-hydrogen) atoms. The second-order valence-corrected chi connectivity index (χ2v) is 11.5. The largest absolute Gasteiger partial charge is 0.618 e. The van der Waals surface area contributed by atoms with Crippen LogP contribution in [0.2, 0.25) is 5.02 Å². The molecule has 0 spiro atoms. The van der Waals surface area contributed by atoms with Crippen molar-refractivity contribution in [1.82, 2.24) is 14.8 Å². The number of amides is 2.